The van der Waals surface area contributed by atoms with E-state index in [0.29, 0.717) is 36.1 Å². The first-order chi connectivity index (χ1) is 13.2. The van der Waals surface area contributed by atoms with E-state index in [2.05, 4.69) is 15.3 Å². The van der Waals surface area contributed by atoms with Crippen LogP contribution >= 0.6 is 0 Å². The van der Waals surface area contributed by atoms with Gasteiger partial charge in [0.15, 0.2) is 0 Å². The van der Waals surface area contributed by atoms with E-state index in [-0.39, 0.29) is 5.91 Å². The summed E-state index contributed by atoms with van der Waals surface area (Å²) in [5, 5.41) is 2.84. The highest BCUT2D eigenvalue weighted by Crippen LogP contribution is 2.16. The second-order valence-corrected chi connectivity index (χ2v) is 6.08. The maximum absolute atomic E-state index is 12.3. The number of fused-ring (bicyclic) bond motifs is 1. The molecule has 136 valence electrons. The predicted molar refractivity (Wildman–Crippen MR) is 98.4 cm³/mol. The number of hydrogen-bond acceptors (Lipinski definition) is 5. The molecular weight excluding hydrogens is 344 g/mol. The van der Waals surface area contributed by atoms with Crippen LogP contribution in [0.15, 0.2) is 65.5 Å². The highest BCUT2D eigenvalue weighted by atomic mass is 16.5. The lowest BCUT2D eigenvalue weighted by Crippen LogP contribution is -2.22. The number of hydrogen-bond donors (Lipinski definition) is 1. The van der Waals surface area contributed by atoms with E-state index in [1.165, 1.54) is 0 Å². The lowest BCUT2D eigenvalue weighted by atomic mass is 10.1. The number of imidazole rings is 1. The van der Waals surface area contributed by atoms with Gasteiger partial charge in [-0.1, -0.05) is 12.1 Å². The highest BCUT2D eigenvalue weighted by Gasteiger charge is 2.09. The van der Waals surface area contributed by atoms with Crippen molar-refractivity contribution in [2.24, 2.45) is 0 Å². The first kappa shape index (κ1) is 16.8. The van der Waals surface area contributed by atoms with Gasteiger partial charge in [-0.05, 0) is 36.8 Å². The third kappa shape index (κ3) is 3.82. The summed E-state index contributed by atoms with van der Waals surface area (Å²) in [6, 6.07) is 12.8. The molecule has 7 nitrogen and oxygen atoms in total. The van der Waals surface area contributed by atoms with Crippen molar-refractivity contribution in [3.8, 4) is 5.88 Å². The van der Waals surface area contributed by atoms with Crippen LogP contribution in [0.5, 0.6) is 5.88 Å². The first-order valence-corrected chi connectivity index (χ1v) is 8.52. The molecule has 0 aliphatic heterocycles. The van der Waals surface area contributed by atoms with Crippen LogP contribution in [0.25, 0.3) is 5.78 Å². The topological polar surface area (TPSA) is 81.7 Å². The second-order valence-electron chi connectivity index (χ2n) is 6.08. The van der Waals surface area contributed by atoms with Crippen LogP contribution in [0.4, 0.5) is 0 Å². The zero-order chi connectivity index (χ0) is 18.6. The van der Waals surface area contributed by atoms with Crippen LogP contribution < -0.4 is 10.1 Å². The van der Waals surface area contributed by atoms with Crippen LogP contribution in [0.1, 0.15) is 27.4 Å². The Morgan fingerprint density at radius 1 is 1.26 bits per heavy atom. The van der Waals surface area contributed by atoms with E-state index in [4.69, 9.17) is 9.15 Å². The van der Waals surface area contributed by atoms with Gasteiger partial charge in [-0.2, -0.15) is 0 Å². The fraction of sp³-hybridized carbons (Fsp3) is 0.150. The Morgan fingerprint density at radius 3 is 3.04 bits per heavy atom. The Hall–Kier alpha value is -3.61. The number of carbonyl (C=O) groups is 1. The number of furan rings is 1. The summed E-state index contributed by atoms with van der Waals surface area (Å²) < 4.78 is 12.9. The first-order valence-electron chi connectivity index (χ1n) is 8.52. The van der Waals surface area contributed by atoms with Crippen LogP contribution in [0.2, 0.25) is 0 Å². The van der Waals surface area contributed by atoms with Gasteiger partial charge in [0.1, 0.15) is 12.4 Å². The minimum Gasteiger partial charge on any atom is -0.474 e. The van der Waals surface area contributed by atoms with Crippen molar-refractivity contribution in [1.29, 1.82) is 0 Å². The van der Waals surface area contributed by atoms with Crippen molar-refractivity contribution in [3.63, 3.8) is 0 Å². The molecular formula is C20H18N4O3. The zero-order valence-electron chi connectivity index (χ0n) is 14.8. The maximum atomic E-state index is 12.3. The minimum absolute atomic E-state index is 0.162. The van der Waals surface area contributed by atoms with Crippen LogP contribution in [-0.4, -0.2) is 20.3 Å². The fourth-order valence-corrected chi connectivity index (χ4v) is 2.74. The molecule has 3 aromatic heterocycles. The predicted octanol–water partition coefficient (Wildman–Crippen LogP) is 3.14. The van der Waals surface area contributed by atoms with E-state index >= 15 is 0 Å². The van der Waals surface area contributed by atoms with Gasteiger partial charge in [0.25, 0.3) is 5.91 Å². The molecule has 0 bridgehead atoms. The molecule has 0 radical (unpaired) electrons. The summed E-state index contributed by atoms with van der Waals surface area (Å²) in [6.45, 7) is 2.57. The van der Waals surface area contributed by atoms with E-state index in [1.807, 2.05) is 37.3 Å². The summed E-state index contributed by atoms with van der Waals surface area (Å²) in [4.78, 5) is 20.9. The molecule has 0 fully saturated rings. The molecule has 0 saturated carbocycles. The molecule has 3 heterocycles. The van der Waals surface area contributed by atoms with Gasteiger partial charge in [-0.25, -0.2) is 9.97 Å². The van der Waals surface area contributed by atoms with Gasteiger partial charge in [-0.15, -0.1) is 0 Å². The number of aryl methyl sites for hydroxylation is 1. The van der Waals surface area contributed by atoms with Crippen molar-refractivity contribution in [3.05, 3.63) is 83.7 Å². The number of ether oxygens (including phenoxy) is 1. The van der Waals surface area contributed by atoms with Crippen LogP contribution in [0, 0.1) is 6.92 Å². The van der Waals surface area contributed by atoms with Gasteiger partial charge < -0.3 is 14.5 Å². The Kier molecular flexibility index (Phi) is 4.57. The summed E-state index contributed by atoms with van der Waals surface area (Å²) in [6.07, 6.45) is 5.06. The molecule has 1 amide bonds. The van der Waals surface area contributed by atoms with Crippen molar-refractivity contribution >= 4 is 11.7 Å². The standard InChI is InChI=1S/C20H18N4O3/c1-14-10-18(24-8-7-21-20(24)23-14)27-13-15-4-2-5-16(11-15)19(25)22-12-17-6-3-9-26-17/h2-11H,12-13H2,1H3,(H,22,25). The third-order valence-electron chi connectivity index (χ3n) is 4.05. The average Bonchev–Trinajstić information content (AvgIpc) is 3.36. The van der Waals surface area contributed by atoms with Crippen LogP contribution in [-0.2, 0) is 13.2 Å². The van der Waals surface area contributed by atoms with Crippen molar-refractivity contribution < 1.29 is 13.9 Å². The van der Waals surface area contributed by atoms with Crippen LogP contribution in [0.3, 0.4) is 0 Å². The lowest BCUT2D eigenvalue weighted by molar-refractivity contribution is 0.0948. The molecule has 1 N–H and O–H groups in total. The molecule has 4 rings (SSSR count). The van der Waals surface area contributed by atoms with E-state index in [1.54, 1.807) is 35.2 Å². The van der Waals surface area contributed by atoms with Gasteiger partial charge >= 0.3 is 0 Å². The number of rotatable bonds is 6. The molecule has 0 aliphatic carbocycles. The van der Waals surface area contributed by atoms with E-state index in [9.17, 15) is 4.79 Å². The van der Waals surface area contributed by atoms with Crippen molar-refractivity contribution in [2.45, 2.75) is 20.1 Å². The lowest BCUT2D eigenvalue weighted by Gasteiger charge is -2.10. The normalized spacial score (nSPS) is 10.9. The zero-order valence-corrected chi connectivity index (χ0v) is 14.8. The summed E-state index contributed by atoms with van der Waals surface area (Å²) in [5.74, 6) is 1.80. The minimum atomic E-state index is -0.162. The smallest absolute Gasteiger partial charge is 0.251 e. The Morgan fingerprint density at radius 2 is 2.19 bits per heavy atom. The van der Waals surface area contributed by atoms with Gasteiger partial charge in [0, 0.05) is 29.7 Å². The summed E-state index contributed by atoms with van der Waals surface area (Å²) >= 11 is 0. The molecule has 7 heteroatoms. The molecule has 0 unspecified atom stereocenters. The largest absolute Gasteiger partial charge is 0.474 e. The molecule has 0 saturated heterocycles. The number of nitrogens with zero attached hydrogens (tertiary/aromatic N) is 3. The van der Waals surface area contributed by atoms with Gasteiger partial charge in [-0.3, -0.25) is 9.20 Å². The number of amides is 1. The molecule has 4 aromatic rings. The second kappa shape index (κ2) is 7.33. The monoisotopic (exact) mass is 362 g/mol. The number of benzene rings is 1. The quantitative estimate of drug-likeness (QED) is 0.570. The van der Waals surface area contributed by atoms with E-state index < -0.39 is 0 Å². The molecule has 27 heavy (non-hydrogen) atoms. The molecule has 0 spiro atoms. The molecule has 1 aromatic carbocycles. The number of nitrogens with one attached hydrogen (secondary N) is 1. The van der Waals surface area contributed by atoms with E-state index in [0.717, 1.165) is 11.3 Å². The molecule has 0 aliphatic rings. The van der Waals surface area contributed by atoms with Gasteiger partial charge in [0.05, 0.1) is 12.8 Å². The highest BCUT2D eigenvalue weighted by molar-refractivity contribution is 5.94. The number of carbonyl (C=O) groups excluding carboxylic acids is 1. The van der Waals surface area contributed by atoms with Crippen molar-refractivity contribution in [2.75, 3.05) is 0 Å². The Labute approximate surface area is 155 Å². The average molecular weight is 362 g/mol. The Balaban J connectivity index is 1.44. The SMILES string of the molecule is Cc1cc(OCc2cccc(C(=O)NCc3ccco3)c2)n2ccnc2n1. The summed E-state index contributed by atoms with van der Waals surface area (Å²) in [7, 11) is 0. The van der Waals surface area contributed by atoms with Gasteiger partial charge in [0.2, 0.25) is 11.7 Å². The van der Waals surface area contributed by atoms with Crippen molar-refractivity contribution in [1.82, 2.24) is 19.7 Å². The number of aromatic nitrogens is 3. The maximum Gasteiger partial charge on any atom is 0.251 e. The fourth-order valence-electron chi connectivity index (χ4n) is 2.74. The third-order valence-corrected chi connectivity index (χ3v) is 4.05. The molecule has 0 atom stereocenters. The Bertz CT molecular complexity index is 1070. The summed E-state index contributed by atoms with van der Waals surface area (Å²) in [5.41, 5.74) is 2.29.